The topological polar surface area (TPSA) is 100 Å². The molecule has 0 saturated heterocycles. The zero-order valence-electron chi connectivity index (χ0n) is 23.0. The molecule has 0 heterocycles. The third kappa shape index (κ3) is 11.4. The molecule has 8 heteroatoms. The van der Waals surface area contributed by atoms with Gasteiger partial charge in [-0.25, -0.2) is 4.79 Å². The summed E-state index contributed by atoms with van der Waals surface area (Å²) in [5.74, 6) is 0.512. The Bertz CT molecular complexity index is 769. The van der Waals surface area contributed by atoms with E-state index in [0.717, 1.165) is 11.3 Å². The van der Waals surface area contributed by atoms with Gasteiger partial charge in [-0.2, -0.15) is 0 Å². The molecule has 0 fully saturated rings. The van der Waals surface area contributed by atoms with Gasteiger partial charge in [-0.1, -0.05) is 39.8 Å². The number of amides is 1. The van der Waals surface area contributed by atoms with Crippen LogP contribution in [0.1, 0.15) is 60.5 Å². The van der Waals surface area contributed by atoms with Crippen LogP contribution in [0.25, 0.3) is 0 Å². The third-order valence-electron chi connectivity index (χ3n) is 5.18. The van der Waals surface area contributed by atoms with Crippen molar-refractivity contribution in [1.29, 1.82) is 0 Å². The fourth-order valence-corrected chi connectivity index (χ4v) is 3.48. The first-order valence-corrected chi connectivity index (χ1v) is 12.3. The predicted octanol–water partition coefficient (Wildman–Crippen LogP) is 3.80. The van der Waals surface area contributed by atoms with Crippen molar-refractivity contribution in [3.63, 3.8) is 0 Å². The molecule has 1 aromatic carbocycles. The maximum Gasteiger partial charge on any atom is 0.329 e. The summed E-state index contributed by atoms with van der Waals surface area (Å²) in [6.07, 6.45) is 0.0309. The fraction of sp³-hybridized carbons (Fsp3) is 0.704. The van der Waals surface area contributed by atoms with Crippen molar-refractivity contribution in [3.05, 3.63) is 29.8 Å². The maximum absolute atomic E-state index is 13.6. The average molecular weight is 495 g/mol. The molecule has 200 valence electrons. The van der Waals surface area contributed by atoms with Gasteiger partial charge in [0.2, 0.25) is 5.91 Å². The van der Waals surface area contributed by atoms with E-state index in [4.69, 9.17) is 24.7 Å². The second kappa shape index (κ2) is 14.4. The molecule has 0 saturated carbocycles. The number of methoxy groups -OCH3 is 2. The monoisotopic (exact) mass is 494 g/mol. The first-order valence-electron chi connectivity index (χ1n) is 12.3. The summed E-state index contributed by atoms with van der Waals surface area (Å²) >= 11 is 0. The van der Waals surface area contributed by atoms with Crippen molar-refractivity contribution in [2.24, 2.45) is 17.6 Å². The molecule has 2 N–H and O–H groups in total. The minimum Gasteiger partial charge on any atom is -0.493 e. The van der Waals surface area contributed by atoms with Crippen LogP contribution in [-0.4, -0.2) is 68.1 Å². The van der Waals surface area contributed by atoms with Crippen molar-refractivity contribution >= 4 is 11.9 Å². The quantitative estimate of drug-likeness (QED) is 0.310. The molecule has 0 aliphatic heterocycles. The van der Waals surface area contributed by atoms with Crippen LogP contribution in [0.5, 0.6) is 5.75 Å². The summed E-state index contributed by atoms with van der Waals surface area (Å²) in [6, 6.07) is 5.89. The summed E-state index contributed by atoms with van der Waals surface area (Å²) in [5, 5.41) is 0. The molecule has 0 aliphatic carbocycles. The average Bonchev–Trinajstić information content (AvgIpc) is 2.76. The number of benzene rings is 1. The van der Waals surface area contributed by atoms with Gasteiger partial charge in [-0.3, -0.25) is 4.79 Å². The molecule has 0 aliphatic rings. The number of esters is 1. The van der Waals surface area contributed by atoms with Crippen LogP contribution in [0.15, 0.2) is 24.3 Å². The number of hydrogen-bond donors (Lipinski definition) is 1. The van der Waals surface area contributed by atoms with Gasteiger partial charge in [0, 0.05) is 14.2 Å². The smallest absolute Gasteiger partial charge is 0.329 e. The third-order valence-corrected chi connectivity index (χ3v) is 5.18. The van der Waals surface area contributed by atoms with Crippen molar-refractivity contribution in [1.82, 2.24) is 4.90 Å². The Kier molecular flexibility index (Phi) is 12.7. The first-order chi connectivity index (χ1) is 16.3. The number of ether oxygens (including phenoxy) is 4. The molecule has 0 unspecified atom stereocenters. The summed E-state index contributed by atoms with van der Waals surface area (Å²) in [6.45, 7) is 14.3. The molecular weight excluding hydrogens is 448 g/mol. The second-order valence-corrected chi connectivity index (χ2v) is 10.7. The lowest BCUT2D eigenvalue weighted by Crippen LogP contribution is -2.56. The molecule has 1 aromatic rings. The molecular formula is C27H46N2O6. The SMILES string of the molecule is COC(CN(C(=O)[C@@H](N)Cc1ccc(OCC(C)C)cc1)[C@@H](CC(C)C)C(=O)OC(C)(C)C)OC. The Balaban J connectivity index is 3.13. The molecule has 8 nitrogen and oxygen atoms in total. The molecule has 2 atom stereocenters. The van der Waals surface area contributed by atoms with E-state index in [-0.39, 0.29) is 18.4 Å². The lowest BCUT2D eigenvalue weighted by atomic mass is 9.99. The zero-order valence-corrected chi connectivity index (χ0v) is 23.0. The number of nitrogens with zero attached hydrogens (tertiary/aromatic N) is 1. The van der Waals surface area contributed by atoms with Crippen LogP contribution in [0.4, 0.5) is 0 Å². The normalized spacial score (nSPS) is 13.7. The van der Waals surface area contributed by atoms with E-state index in [9.17, 15) is 9.59 Å². The highest BCUT2D eigenvalue weighted by Gasteiger charge is 2.37. The molecule has 1 amide bonds. The van der Waals surface area contributed by atoms with Crippen molar-refractivity contribution in [3.8, 4) is 5.75 Å². The van der Waals surface area contributed by atoms with Crippen LogP contribution in [0.2, 0.25) is 0 Å². The standard InChI is InChI=1S/C27H46N2O6/c1-18(2)14-23(26(31)35-27(5,6)7)29(16-24(32-8)33-9)25(30)22(28)15-20-10-12-21(13-11-20)34-17-19(3)4/h10-13,18-19,22-24H,14-17,28H2,1-9H3/t22-,23-/m0/s1. The molecule has 0 radical (unpaired) electrons. The van der Waals surface area contributed by atoms with E-state index in [1.165, 1.54) is 19.1 Å². The highest BCUT2D eigenvalue weighted by Crippen LogP contribution is 2.21. The lowest BCUT2D eigenvalue weighted by molar-refractivity contribution is -0.172. The van der Waals surface area contributed by atoms with E-state index < -0.39 is 29.9 Å². The van der Waals surface area contributed by atoms with Crippen molar-refractivity contribution in [2.75, 3.05) is 27.4 Å². The van der Waals surface area contributed by atoms with E-state index in [1.807, 2.05) is 38.1 Å². The fourth-order valence-electron chi connectivity index (χ4n) is 3.48. The summed E-state index contributed by atoms with van der Waals surface area (Å²) in [4.78, 5) is 28.2. The molecule has 0 aromatic heterocycles. The largest absolute Gasteiger partial charge is 0.493 e. The van der Waals surface area contributed by atoms with Crippen LogP contribution in [0, 0.1) is 11.8 Å². The zero-order chi connectivity index (χ0) is 26.8. The van der Waals surface area contributed by atoms with Gasteiger partial charge < -0.3 is 29.6 Å². The highest BCUT2D eigenvalue weighted by atomic mass is 16.7. The molecule has 1 rings (SSSR count). The van der Waals surface area contributed by atoms with Crippen molar-refractivity contribution < 1.29 is 28.5 Å². The van der Waals surface area contributed by atoms with Gasteiger partial charge in [0.15, 0.2) is 6.29 Å². The predicted molar refractivity (Wildman–Crippen MR) is 137 cm³/mol. The highest BCUT2D eigenvalue weighted by molar-refractivity contribution is 5.88. The van der Waals surface area contributed by atoms with Gasteiger partial charge in [0.05, 0.1) is 19.2 Å². The number of carbonyl (C=O) groups excluding carboxylic acids is 2. The second-order valence-electron chi connectivity index (χ2n) is 10.7. The summed E-state index contributed by atoms with van der Waals surface area (Å²) < 4.78 is 22.1. The van der Waals surface area contributed by atoms with Gasteiger partial charge in [0.1, 0.15) is 17.4 Å². The Morgan fingerprint density at radius 1 is 0.971 bits per heavy atom. The molecule has 0 bridgehead atoms. The summed E-state index contributed by atoms with van der Waals surface area (Å²) in [7, 11) is 2.98. The minimum atomic E-state index is -0.858. The van der Waals surface area contributed by atoms with Crippen molar-refractivity contribution in [2.45, 2.75) is 85.3 Å². The maximum atomic E-state index is 13.6. The van der Waals surface area contributed by atoms with E-state index in [0.29, 0.717) is 25.4 Å². The van der Waals surface area contributed by atoms with Crippen LogP contribution in [-0.2, 0) is 30.2 Å². The first kappa shape index (κ1) is 30.9. The number of rotatable bonds is 14. The Morgan fingerprint density at radius 2 is 1.54 bits per heavy atom. The Labute approximate surface area is 211 Å². The van der Waals surface area contributed by atoms with Gasteiger partial charge >= 0.3 is 5.97 Å². The van der Waals surface area contributed by atoms with Gasteiger partial charge in [-0.15, -0.1) is 0 Å². The van der Waals surface area contributed by atoms with Crippen LogP contribution < -0.4 is 10.5 Å². The van der Waals surface area contributed by atoms with Crippen LogP contribution in [0.3, 0.4) is 0 Å². The lowest BCUT2D eigenvalue weighted by Gasteiger charge is -2.36. The Hall–Kier alpha value is -2.16. The van der Waals surface area contributed by atoms with E-state index in [1.54, 1.807) is 20.8 Å². The van der Waals surface area contributed by atoms with Gasteiger partial charge in [-0.05, 0) is 63.1 Å². The summed E-state index contributed by atoms with van der Waals surface area (Å²) in [5.41, 5.74) is 6.59. The van der Waals surface area contributed by atoms with Gasteiger partial charge in [0.25, 0.3) is 0 Å². The van der Waals surface area contributed by atoms with E-state index >= 15 is 0 Å². The molecule has 0 spiro atoms. The number of carbonyl (C=O) groups is 2. The van der Waals surface area contributed by atoms with Crippen LogP contribution >= 0.6 is 0 Å². The molecule has 35 heavy (non-hydrogen) atoms. The number of hydrogen-bond acceptors (Lipinski definition) is 7. The van der Waals surface area contributed by atoms with E-state index in [2.05, 4.69) is 13.8 Å². The Morgan fingerprint density at radius 3 is 2.00 bits per heavy atom. The minimum absolute atomic E-state index is 0.0537. The number of nitrogens with two attached hydrogens (primary N) is 1.